The van der Waals surface area contributed by atoms with Gasteiger partial charge in [0, 0.05) is 53.4 Å². The van der Waals surface area contributed by atoms with E-state index in [1.165, 1.54) is 80.5 Å². The summed E-state index contributed by atoms with van der Waals surface area (Å²) >= 11 is 3.77. The minimum atomic E-state index is -0.472. The third kappa shape index (κ3) is 4.25. The van der Waals surface area contributed by atoms with E-state index >= 15 is 0 Å². The van der Waals surface area contributed by atoms with Crippen LogP contribution in [0.15, 0.2) is 202 Å². The molecule has 4 heteroatoms. The van der Waals surface area contributed by atoms with Gasteiger partial charge in [-0.25, -0.2) is 0 Å². The second-order valence-corrected chi connectivity index (χ2v) is 15.6. The van der Waals surface area contributed by atoms with Gasteiger partial charge in [0.1, 0.15) is 0 Å². The molecular weight excluding hydrogens is 669 g/mol. The highest BCUT2D eigenvalue weighted by atomic mass is 32.2. The standard InChI is InChI=1S/C48H30N2S2/c1-2-13-33(14-3-1)50-42-21-7-4-15-35(42)36-17-12-16-34(47(36)50)31-24-26-39-45(29-31)51-43-22-8-5-18-37(43)48(39)38-19-6-9-23-44(38)52-46-30-32(25-27-40(46)48)41-20-10-11-28-49-41/h1-30H. The van der Waals surface area contributed by atoms with Gasteiger partial charge in [-0.2, -0.15) is 0 Å². The Labute approximate surface area is 310 Å². The summed E-state index contributed by atoms with van der Waals surface area (Å²) in [6.45, 7) is 0. The predicted octanol–water partition coefficient (Wildman–Crippen LogP) is 12.8. The molecule has 2 aliphatic rings. The number of hydrogen-bond donors (Lipinski definition) is 0. The summed E-state index contributed by atoms with van der Waals surface area (Å²) in [5.74, 6) is 0. The minimum Gasteiger partial charge on any atom is -0.309 e. The maximum Gasteiger partial charge on any atom is 0.0745 e. The molecule has 0 N–H and O–H groups in total. The minimum absolute atomic E-state index is 0.472. The van der Waals surface area contributed by atoms with Gasteiger partial charge in [0.25, 0.3) is 0 Å². The molecule has 7 aromatic carbocycles. The van der Waals surface area contributed by atoms with Crippen molar-refractivity contribution in [2.75, 3.05) is 0 Å². The van der Waals surface area contributed by atoms with E-state index in [9.17, 15) is 0 Å². The van der Waals surface area contributed by atoms with Gasteiger partial charge in [-0.3, -0.25) is 4.98 Å². The quantitative estimate of drug-likeness (QED) is 0.183. The highest BCUT2D eigenvalue weighted by Crippen LogP contribution is 2.62. The van der Waals surface area contributed by atoms with Crippen molar-refractivity contribution in [3.63, 3.8) is 0 Å². The molecule has 1 unspecified atom stereocenters. The summed E-state index contributed by atoms with van der Waals surface area (Å²) in [6.07, 6.45) is 1.88. The van der Waals surface area contributed by atoms with E-state index in [1.54, 1.807) is 0 Å². The number of hydrogen-bond acceptors (Lipinski definition) is 3. The first-order valence-corrected chi connectivity index (χ1v) is 19.3. The molecule has 1 spiro atoms. The van der Waals surface area contributed by atoms with E-state index < -0.39 is 5.41 Å². The van der Waals surface area contributed by atoms with Gasteiger partial charge in [0.2, 0.25) is 0 Å². The fourth-order valence-electron chi connectivity index (χ4n) is 8.63. The summed E-state index contributed by atoms with van der Waals surface area (Å²) in [5, 5.41) is 2.53. The van der Waals surface area contributed by atoms with Crippen LogP contribution in [-0.2, 0) is 5.41 Å². The van der Waals surface area contributed by atoms with Crippen LogP contribution in [0.3, 0.4) is 0 Å². The van der Waals surface area contributed by atoms with Crippen molar-refractivity contribution < 1.29 is 0 Å². The highest BCUT2D eigenvalue weighted by molar-refractivity contribution is 8.00. The Morgan fingerprint density at radius 2 is 1.04 bits per heavy atom. The maximum absolute atomic E-state index is 4.70. The van der Waals surface area contributed by atoms with Crippen LogP contribution in [0.4, 0.5) is 0 Å². The van der Waals surface area contributed by atoms with Crippen molar-refractivity contribution in [2.45, 2.75) is 25.0 Å². The number of nitrogens with zero attached hydrogens (tertiary/aromatic N) is 2. The van der Waals surface area contributed by atoms with Crippen molar-refractivity contribution in [1.29, 1.82) is 0 Å². The molecule has 0 amide bonds. The van der Waals surface area contributed by atoms with Crippen LogP contribution >= 0.6 is 23.5 Å². The average molecular weight is 699 g/mol. The lowest BCUT2D eigenvalue weighted by Crippen LogP contribution is -2.36. The average Bonchev–Trinajstić information content (AvgIpc) is 3.56. The van der Waals surface area contributed by atoms with E-state index in [0.717, 1.165) is 11.3 Å². The van der Waals surface area contributed by atoms with E-state index in [-0.39, 0.29) is 0 Å². The van der Waals surface area contributed by atoms with Gasteiger partial charge >= 0.3 is 0 Å². The molecule has 2 nitrogen and oxygen atoms in total. The monoisotopic (exact) mass is 698 g/mol. The lowest BCUT2D eigenvalue weighted by molar-refractivity contribution is 0.667. The van der Waals surface area contributed by atoms with Gasteiger partial charge in [-0.1, -0.05) is 145 Å². The topological polar surface area (TPSA) is 17.8 Å². The number of aromatic nitrogens is 2. The number of fused-ring (bicyclic) bond motifs is 11. The Hall–Kier alpha value is -5.81. The van der Waals surface area contributed by atoms with Gasteiger partial charge in [0.05, 0.1) is 22.1 Å². The predicted molar refractivity (Wildman–Crippen MR) is 216 cm³/mol. The molecule has 0 saturated carbocycles. The van der Waals surface area contributed by atoms with Crippen LogP contribution in [0.1, 0.15) is 22.3 Å². The normalized spacial score (nSPS) is 15.6. The van der Waals surface area contributed by atoms with Gasteiger partial charge < -0.3 is 4.57 Å². The van der Waals surface area contributed by atoms with Crippen molar-refractivity contribution in [3.8, 4) is 28.1 Å². The molecular formula is C48H30N2S2. The zero-order valence-electron chi connectivity index (χ0n) is 28.0. The molecule has 0 bridgehead atoms. The van der Waals surface area contributed by atoms with Crippen LogP contribution in [0, 0.1) is 0 Å². The zero-order valence-corrected chi connectivity index (χ0v) is 29.7. The first kappa shape index (κ1) is 29.9. The number of rotatable bonds is 3. The van der Waals surface area contributed by atoms with Crippen molar-refractivity contribution in [2.24, 2.45) is 0 Å². The largest absolute Gasteiger partial charge is 0.309 e. The summed E-state index contributed by atoms with van der Waals surface area (Å²) < 4.78 is 2.44. The summed E-state index contributed by atoms with van der Waals surface area (Å²) in [6, 6.07) is 64.7. The molecule has 9 aromatic rings. The molecule has 0 saturated heterocycles. The molecule has 1 atom stereocenters. The Morgan fingerprint density at radius 3 is 1.77 bits per heavy atom. The van der Waals surface area contributed by atoms with E-state index in [1.807, 2.05) is 35.8 Å². The molecule has 4 heterocycles. The first-order valence-electron chi connectivity index (χ1n) is 17.6. The maximum atomic E-state index is 4.70. The molecule has 0 aliphatic carbocycles. The fourth-order valence-corrected chi connectivity index (χ4v) is 11.1. The van der Waals surface area contributed by atoms with E-state index in [2.05, 4.69) is 174 Å². The van der Waals surface area contributed by atoms with Crippen LogP contribution in [0.5, 0.6) is 0 Å². The molecule has 52 heavy (non-hydrogen) atoms. The second-order valence-electron chi connectivity index (χ2n) is 13.5. The molecule has 2 aliphatic heterocycles. The highest BCUT2D eigenvalue weighted by Gasteiger charge is 2.48. The van der Waals surface area contributed by atoms with Gasteiger partial charge in [-0.15, -0.1) is 0 Å². The van der Waals surface area contributed by atoms with Crippen molar-refractivity contribution in [3.05, 3.63) is 204 Å². The second kappa shape index (κ2) is 11.6. The Morgan fingerprint density at radius 1 is 0.442 bits per heavy atom. The van der Waals surface area contributed by atoms with E-state index in [4.69, 9.17) is 4.98 Å². The van der Waals surface area contributed by atoms with Gasteiger partial charge in [0.15, 0.2) is 0 Å². The van der Waals surface area contributed by atoms with Crippen LogP contribution in [0.25, 0.3) is 49.9 Å². The SMILES string of the molecule is c1ccc(-n2c3ccccc3c3cccc(-c4ccc5c(c4)Sc4ccccc4C54c5ccccc5Sc5cc(-c6ccccn6)ccc54)c32)cc1. The van der Waals surface area contributed by atoms with Crippen LogP contribution in [0.2, 0.25) is 0 Å². The molecule has 2 aromatic heterocycles. The molecule has 11 rings (SSSR count). The zero-order chi connectivity index (χ0) is 34.2. The lowest BCUT2D eigenvalue weighted by atomic mass is 9.64. The number of benzene rings is 7. The summed E-state index contributed by atoms with van der Waals surface area (Å²) in [4.78, 5) is 9.86. The molecule has 244 valence electrons. The number of pyridine rings is 1. The fraction of sp³-hybridized carbons (Fsp3) is 0.0208. The number of para-hydroxylation sites is 3. The van der Waals surface area contributed by atoms with Crippen molar-refractivity contribution in [1.82, 2.24) is 9.55 Å². The molecule has 0 fully saturated rings. The van der Waals surface area contributed by atoms with Gasteiger partial charge in [-0.05, 0) is 82.4 Å². The summed E-state index contributed by atoms with van der Waals surface area (Å²) in [5.41, 5.74) is 13.1. The Bertz CT molecular complexity index is 2850. The van der Waals surface area contributed by atoms with Crippen molar-refractivity contribution >= 4 is 45.3 Å². The van der Waals surface area contributed by atoms with Crippen LogP contribution < -0.4 is 0 Å². The third-order valence-corrected chi connectivity index (χ3v) is 13.0. The third-order valence-electron chi connectivity index (χ3n) is 10.8. The summed E-state index contributed by atoms with van der Waals surface area (Å²) in [7, 11) is 0. The Balaban J connectivity index is 1.18. The Kier molecular flexibility index (Phi) is 6.67. The first-order chi connectivity index (χ1) is 25.8. The molecule has 0 radical (unpaired) electrons. The van der Waals surface area contributed by atoms with Crippen LogP contribution in [-0.4, -0.2) is 9.55 Å². The smallest absolute Gasteiger partial charge is 0.0745 e. The lowest BCUT2D eigenvalue weighted by Gasteiger charge is -2.45. The van der Waals surface area contributed by atoms with E-state index in [0.29, 0.717) is 0 Å².